The topological polar surface area (TPSA) is 307 Å². The van der Waals surface area contributed by atoms with Gasteiger partial charge in [-0.05, 0) is 70.6 Å². The van der Waals surface area contributed by atoms with Gasteiger partial charge in [-0.3, -0.25) is 4.79 Å². The average Bonchev–Trinajstić information content (AvgIpc) is 0.785. The van der Waals surface area contributed by atoms with Crippen molar-refractivity contribution in [2.75, 3.05) is 26.4 Å². The average molecular weight is 1400 g/mol. The van der Waals surface area contributed by atoms with Crippen LogP contribution in [-0.2, 0) is 33.2 Å². The highest BCUT2D eigenvalue weighted by molar-refractivity contribution is 5.76. The second kappa shape index (κ2) is 59.8. The molecule has 3 fully saturated rings. The van der Waals surface area contributed by atoms with Crippen LogP contribution in [0.3, 0.4) is 0 Å². The van der Waals surface area contributed by atoms with Gasteiger partial charge in [0.15, 0.2) is 18.9 Å². The number of aliphatic hydroxyl groups is 11. The van der Waals surface area contributed by atoms with Crippen molar-refractivity contribution in [3.05, 3.63) is 60.8 Å². The predicted octanol–water partition coefficient (Wildman–Crippen LogP) is 12.7. The largest absolute Gasteiger partial charge is 0.394 e. The molecule has 0 aromatic rings. The van der Waals surface area contributed by atoms with E-state index in [1.165, 1.54) is 218 Å². The van der Waals surface area contributed by atoms with Gasteiger partial charge in [-0.1, -0.05) is 286 Å². The molecule has 0 saturated carbocycles. The number of nitrogens with one attached hydrogen (secondary N) is 1. The molecule has 17 unspecified atom stereocenters. The Balaban J connectivity index is 1.26. The van der Waals surface area contributed by atoms with Gasteiger partial charge in [0.05, 0.1) is 38.6 Å². The van der Waals surface area contributed by atoms with Gasteiger partial charge in [0, 0.05) is 6.42 Å². The number of carbonyl (C=O) groups excluding carboxylic acids is 1. The minimum Gasteiger partial charge on any atom is -0.394 e. The van der Waals surface area contributed by atoms with Crippen LogP contribution in [0.1, 0.15) is 303 Å². The highest BCUT2D eigenvalue weighted by Crippen LogP contribution is 2.33. The lowest BCUT2D eigenvalue weighted by molar-refractivity contribution is -0.379. The van der Waals surface area contributed by atoms with Crippen molar-refractivity contribution in [1.29, 1.82) is 0 Å². The van der Waals surface area contributed by atoms with E-state index >= 15 is 0 Å². The normalized spacial score (nSPS) is 27.1. The summed E-state index contributed by atoms with van der Waals surface area (Å²) in [6, 6.07) is -0.989. The molecule has 17 atom stereocenters. The molecule has 19 heteroatoms. The van der Waals surface area contributed by atoms with E-state index in [0.29, 0.717) is 12.8 Å². The maximum absolute atomic E-state index is 13.4. The summed E-state index contributed by atoms with van der Waals surface area (Å²) in [5.41, 5.74) is 0. The minimum absolute atomic E-state index is 0.238. The van der Waals surface area contributed by atoms with Gasteiger partial charge in [0.25, 0.3) is 0 Å². The third kappa shape index (κ3) is 39.9. The molecule has 98 heavy (non-hydrogen) atoms. The van der Waals surface area contributed by atoms with Crippen molar-refractivity contribution < 1.29 is 89.4 Å². The Morgan fingerprint density at radius 3 is 1.09 bits per heavy atom. The zero-order chi connectivity index (χ0) is 71.1. The molecule has 12 N–H and O–H groups in total. The van der Waals surface area contributed by atoms with E-state index in [1.54, 1.807) is 6.08 Å². The first kappa shape index (κ1) is 89.7. The second-order valence-corrected chi connectivity index (χ2v) is 28.2. The number of ether oxygens (including phenoxy) is 6. The lowest BCUT2D eigenvalue weighted by atomic mass is 9.96. The standard InChI is InChI=1S/C79H143NO18/c1-3-5-7-9-11-13-15-17-18-19-20-21-22-23-24-25-26-27-28-29-30-31-32-33-34-35-36-37-38-39-40-41-42-43-44-45-47-49-51-53-55-57-67(85)80-62(63(84)56-54-52-50-48-46-16-14-12-10-8-6-4-2)61-93-77-73(91)70(88)75(65(59-82)95-77)98-79-74(92)71(89)76(66(60-83)96-79)97-78-72(90)69(87)68(86)64(58-81)94-78/h15,17,19-20,22-23,46,48,54,56,62-66,68-79,81-84,86-92H,3-14,16,18,21,24-45,47,49-53,55,57-61H2,1-2H3,(H,80,85)/b17-15-,20-19-,23-22-,48-46+,56-54+. The number of hydrogen-bond donors (Lipinski definition) is 12. The van der Waals surface area contributed by atoms with Gasteiger partial charge in [0.1, 0.15) is 73.2 Å². The Bertz CT molecular complexity index is 2010. The van der Waals surface area contributed by atoms with Crippen LogP contribution < -0.4 is 5.32 Å². The zero-order valence-electron chi connectivity index (χ0n) is 61.0. The maximum Gasteiger partial charge on any atom is 0.220 e. The molecule has 0 bridgehead atoms. The first-order chi connectivity index (χ1) is 47.8. The molecular formula is C79H143NO18. The number of amides is 1. The molecule has 3 rings (SSSR count). The Labute approximate surface area is 592 Å². The van der Waals surface area contributed by atoms with Crippen molar-refractivity contribution in [2.24, 2.45) is 0 Å². The Hall–Kier alpha value is -2.51. The van der Waals surface area contributed by atoms with Gasteiger partial charge < -0.3 is 89.9 Å². The van der Waals surface area contributed by atoms with Gasteiger partial charge >= 0.3 is 0 Å². The van der Waals surface area contributed by atoms with Crippen LogP contribution in [0.5, 0.6) is 0 Å². The van der Waals surface area contributed by atoms with Gasteiger partial charge in [-0.25, -0.2) is 0 Å². The second-order valence-electron chi connectivity index (χ2n) is 28.2. The monoisotopic (exact) mass is 1390 g/mol. The Morgan fingerprint density at radius 1 is 0.367 bits per heavy atom. The lowest BCUT2D eigenvalue weighted by Crippen LogP contribution is -2.66. The third-order valence-electron chi connectivity index (χ3n) is 19.5. The number of rotatable bonds is 62. The Kier molecular flexibility index (Phi) is 54.8. The van der Waals surface area contributed by atoms with E-state index in [2.05, 4.69) is 67.8 Å². The van der Waals surface area contributed by atoms with Crippen molar-refractivity contribution in [3.63, 3.8) is 0 Å². The van der Waals surface area contributed by atoms with Crippen molar-refractivity contribution in [1.82, 2.24) is 5.32 Å². The van der Waals surface area contributed by atoms with Crippen molar-refractivity contribution >= 4 is 5.91 Å². The summed E-state index contributed by atoms with van der Waals surface area (Å²) >= 11 is 0. The van der Waals surface area contributed by atoms with E-state index in [4.69, 9.17) is 28.4 Å². The van der Waals surface area contributed by atoms with E-state index in [0.717, 1.165) is 51.4 Å². The summed E-state index contributed by atoms with van der Waals surface area (Å²) < 4.78 is 34.3. The van der Waals surface area contributed by atoms with Gasteiger partial charge in [-0.15, -0.1) is 0 Å². The predicted molar refractivity (Wildman–Crippen MR) is 388 cm³/mol. The summed E-state index contributed by atoms with van der Waals surface area (Å²) in [5, 5.41) is 120. The highest BCUT2D eigenvalue weighted by Gasteiger charge is 2.53. The third-order valence-corrected chi connectivity index (χ3v) is 19.5. The first-order valence-electron chi connectivity index (χ1n) is 39.5. The molecule has 0 spiro atoms. The zero-order valence-corrected chi connectivity index (χ0v) is 61.0. The fraction of sp³-hybridized carbons (Fsp3) is 0.861. The number of allylic oxidation sites excluding steroid dienone is 9. The number of aliphatic hydroxyl groups excluding tert-OH is 11. The quantitative estimate of drug-likeness (QED) is 0.0199. The van der Waals surface area contributed by atoms with Crippen LogP contribution in [-0.4, -0.2) is 193 Å². The Morgan fingerprint density at radius 2 is 0.684 bits per heavy atom. The molecule has 572 valence electrons. The smallest absolute Gasteiger partial charge is 0.220 e. The summed E-state index contributed by atoms with van der Waals surface area (Å²) in [7, 11) is 0. The van der Waals surface area contributed by atoms with E-state index in [-0.39, 0.29) is 18.9 Å². The highest BCUT2D eigenvalue weighted by atomic mass is 16.8. The van der Waals surface area contributed by atoms with E-state index in [9.17, 15) is 61.0 Å². The maximum atomic E-state index is 13.4. The molecule has 3 heterocycles. The lowest BCUT2D eigenvalue weighted by Gasteiger charge is -2.48. The SMILES string of the molecule is CCCCCCC/C=C\C/C=C\C/C=C\CCCCCCCCCCCCCCCCCCCCCCCCCCCCC(=O)NC(COC1OC(CO)C(OC2OC(CO)C(OC3OC(CO)C(O)C(O)C3O)C(O)C2O)C(O)C1O)C(O)/C=C/CC/C=C/CCCCCCCC. The molecular weight excluding hydrogens is 1250 g/mol. The summed E-state index contributed by atoms with van der Waals surface area (Å²) in [6.07, 6.45) is 49.7. The van der Waals surface area contributed by atoms with Crippen LogP contribution in [0.4, 0.5) is 0 Å². The number of unbranched alkanes of at least 4 members (excludes halogenated alkanes) is 38. The molecule has 0 aromatic heterocycles. The van der Waals surface area contributed by atoms with Crippen LogP contribution in [0.15, 0.2) is 60.8 Å². The van der Waals surface area contributed by atoms with Crippen molar-refractivity contribution in [2.45, 2.75) is 407 Å². The van der Waals surface area contributed by atoms with Gasteiger partial charge in [0.2, 0.25) is 5.91 Å². The van der Waals surface area contributed by atoms with E-state index in [1.807, 2.05) is 6.08 Å². The summed E-state index contributed by atoms with van der Waals surface area (Å²) in [6.45, 7) is 1.69. The molecule has 0 aromatic carbocycles. The molecule has 19 nitrogen and oxygen atoms in total. The van der Waals surface area contributed by atoms with E-state index < -0.39 is 124 Å². The van der Waals surface area contributed by atoms with Crippen LogP contribution in [0.25, 0.3) is 0 Å². The molecule has 3 aliphatic rings. The number of hydrogen-bond acceptors (Lipinski definition) is 18. The molecule has 3 aliphatic heterocycles. The van der Waals surface area contributed by atoms with Crippen molar-refractivity contribution in [3.8, 4) is 0 Å². The molecule has 0 radical (unpaired) electrons. The van der Waals surface area contributed by atoms with Gasteiger partial charge in [-0.2, -0.15) is 0 Å². The molecule has 0 aliphatic carbocycles. The van der Waals surface area contributed by atoms with Crippen LogP contribution in [0.2, 0.25) is 0 Å². The minimum atomic E-state index is -1.98. The number of carbonyl (C=O) groups is 1. The molecule has 3 saturated heterocycles. The fourth-order valence-electron chi connectivity index (χ4n) is 13.2. The summed E-state index contributed by atoms with van der Waals surface area (Å²) in [4.78, 5) is 13.4. The molecule has 1 amide bonds. The van der Waals surface area contributed by atoms with Crippen LogP contribution >= 0.6 is 0 Å². The fourth-order valence-corrected chi connectivity index (χ4v) is 13.2. The summed E-state index contributed by atoms with van der Waals surface area (Å²) in [5.74, 6) is -0.283. The first-order valence-corrected chi connectivity index (χ1v) is 39.5. The van der Waals surface area contributed by atoms with Crippen LogP contribution in [0, 0.1) is 0 Å².